The molecule has 2 fully saturated rings. The number of ether oxygens (including phenoxy) is 2. The molecule has 3 aromatic rings. The number of rotatable bonds is 7. The first-order chi connectivity index (χ1) is 18.6. The van der Waals surface area contributed by atoms with Gasteiger partial charge in [0.05, 0.1) is 4.92 Å². The molecular weight excluding hydrogens is 484 g/mol. The van der Waals surface area contributed by atoms with Gasteiger partial charge in [-0.25, -0.2) is 9.97 Å². The lowest BCUT2D eigenvalue weighted by molar-refractivity contribution is -0.383. The van der Waals surface area contributed by atoms with Crippen molar-refractivity contribution in [2.75, 3.05) is 55.9 Å². The van der Waals surface area contributed by atoms with Gasteiger partial charge in [-0.15, -0.1) is 0 Å². The Morgan fingerprint density at radius 1 is 0.842 bits per heavy atom. The predicted molar refractivity (Wildman–Crippen MR) is 144 cm³/mol. The Kier molecular flexibility index (Phi) is 6.96. The van der Waals surface area contributed by atoms with E-state index in [4.69, 9.17) is 9.47 Å². The Balaban J connectivity index is 1.10. The molecule has 6 rings (SSSR count). The zero-order valence-electron chi connectivity index (χ0n) is 21.4. The molecule has 0 radical (unpaired) electrons. The SMILES string of the molecule is O=[N+]([O-])c1c(N2CCC(Cc3ccccc3)CC2)ncnc1N1CCN(Cc2ccc3c(c2)OCO3)CC1. The number of aromatic nitrogens is 2. The van der Waals surface area contributed by atoms with Gasteiger partial charge in [-0.2, -0.15) is 0 Å². The summed E-state index contributed by atoms with van der Waals surface area (Å²) in [4.78, 5) is 27.2. The highest BCUT2D eigenvalue weighted by molar-refractivity contribution is 5.71. The van der Waals surface area contributed by atoms with Crippen molar-refractivity contribution in [3.8, 4) is 11.5 Å². The number of fused-ring (bicyclic) bond motifs is 1. The van der Waals surface area contributed by atoms with Crippen LogP contribution in [-0.2, 0) is 13.0 Å². The monoisotopic (exact) mass is 516 g/mol. The maximum absolute atomic E-state index is 12.3. The molecule has 0 bridgehead atoms. The first-order valence-electron chi connectivity index (χ1n) is 13.3. The van der Waals surface area contributed by atoms with Crippen LogP contribution in [0.4, 0.5) is 17.3 Å². The van der Waals surface area contributed by atoms with E-state index in [1.807, 2.05) is 23.1 Å². The molecule has 1 aromatic heterocycles. The molecule has 3 aliphatic rings. The highest BCUT2D eigenvalue weighted by Gasteiger charge is 2.33. The van der Waals surface area contributed by atoms with Crippen LogP contribution in [0.15, 0.2) is 54.9 Å². The van der Waals surface area contributed by atoms with Gasteiger partial charge >= 0.3 is 5.69 Å². The van der Waals surface area contributed by atoms with E-state index in [2.05, 4.69) is 50.1 Å². The van der Waals surface area contributed by atoms with Gasteiger partial charge in [-0.05, 0) is 48.4 Å². The standard InChI is InChI=1S/C28H32N6O4/c35-34(36)26-27(32-10-8-22(9-11-32)16-21-4-2-1-3-5-21)29-19-30-28(26)33-14-12-31(13-15-33)18-23-6-7-24-25(17-23)38-20-37-24/h1-7,17,19,22H,8-16,18,20H2. The van der Waals surface area contributed by atoms with Gasteiger partial charge in [0.2, 0.25) is 18.4 Å². The highest BCUT2D eigenvalue weighted by atomic mass is 16.7. The molecule has 3 aliphatic heterocycles. The fourth-order valence-electron chi connectivity index (χ4n) is 5.70. The topological polar surface area (TPSA) is 97.1 Å². The predicted octanol–water partition coefficient (Wildman–Crippen LogP) is 3.89. The molecule has 0 aliphatic carbocycles. The van der Waals surface area contributed by atoms with Crippen molar-refractivity contribution >= 4 is 17.3 Å². The van der Waals surface area contributed by atoms with E-state index >= 15 is 0 Å². The van der Waals surface area contributed by atoms with E-state index in [1.165, 1.54) is 11.9 Å². The number of anilines is 2. The van der Waals surface area contributed by atoms with Crippen molar-refractivity contribution in [3.05, 3.63) is 76.1 Å². The second kappa shape index (κ2) is 10.8. The molecule has 38 heavy (non-hydrogen) atoms. The van der Waals surface area contributed by atoms with Crippen molar-refractivity contribution in [2.45, 2.75) is 25.8 Å². The summed E-state index contributed by atoms with van der Waals surface area (Å²) in [6.07, 6.45) is 4.50. The Morgan fingerprint density at radius 2 is 1.53 bits per heavy atom. The summed E-state index contributed by atoms with van der Waals surface area (Å²) in [5.41, 5.74) is 2.53. The van der Waals surface area contributed by atoms with Crippen molar-refractivity contribution in [2.24, 2.45) is 5.92 Å². The van der Waals surface area contributed by atoms with Gasteiger partial charge in [-0.3, -0.25) is 15.0 Å². The Morgan fingerprint density at radius 3 is 2.24 bits per heavy atom. The largest absolute Gasteiger partial charge is 0.454 e. The number of hydrogen-bond donors (Lipinski definition) is 0. The molecule has 10 nitrogen and oxygen atoms in total. The van der Waals surface area contributed by atoms with E-state index in [-0.39, 0.29) is 17.4 Å². The quantitative estimate of drug-likeness (QED) is 0.342. The molecule has 4 heterocycles. The lowest BCUT2D eigenvalue weighted by atomic mass is 9.90. The van der Waals surface area contributed by atoms with Gasteiger partial charge in [0, 0.05) is 45.8 Å². The maximum Gasteiger partial charge on any atom is 0.353 e. The van der Waals surface area contributed by atoms with Crippen molar-refractivity contribution in [1.29, 1.82) is 0 Å². The van der Waals surface area contributed by atoms with E-state index in [0.29, 0.717) is 30.6 Å². The average molecular weight is 517 g/mol. The van der Waals surface area contributed by atoms with Crippen LogP contribution in [0.1, 0.15) is 24.0 Å². The molecule has 0 amide bonds. The van der Waals surface area contributed by atoms with E-state index in [0.717, 1.165) is 69.0 Å². The molecule has 0 unspecified atom stereocenters. The third-order valence-electron chi connectivity index (χ3n) is 7.76. The van der Waals surface area contributed by atoms with Crippen molar-refractivity contribution in [3.63, 3.8) is 0 Å². The van der Waals surface area contributed by atoms with Crippen LogP contribution in [0.3, 0.4) is 0 Å². The van der Waals surface area contributed by atoms with Crippen molar-refractivity contribution < 1.29 is 14.4 Å². The summed E-state index contributed by atoms with van der Waals surface area (Å²) in [7, 11) is 0. The van der Waals surface area contributed by atoms with E-state index in [1.54, 1.807) is 0 Å². The summed E-state index contributed by atoms with van der Waals surface area (Å²) in [5, 5.41) is 12.3. The number of nitro groups is 1. The van der Waals surface area contributed by atoms with Gasteiger partial charge in [0.15, 0.2) is 11.5 Å². The molecule has 2 saturated heterocycles. The minimum Gasteiger partial charge on any atom is -0.454 e. The second-order valence-electron chi connectivity index (χ2n) is 10.2. The lowest BCUT2D eigenvalue weighted by Crippen LogP contribution is -2.46. The van der Waals surface area contributed by atoms with Gasteiger partial charge in [0.1, 0.15) is 6.33 Å². The highest BCUT2D eigenvalue weighted by Crippen LogP contribution is 2.37. The summed E-state index contributed by atoms with van der Waals surface area (Å²) in [6.45, 7) is 5.49. The molecule has 2 aromatic carbocycles. The third-order valence-corrected chi connectivity index (χ3v) is 7.76. The van der Waals surface area contributed by atoms with Crippen LogP contribution in [0.25, 0.3) is 0 Å². The van der Waals surface area contributed by atoms with E-state index in [9.17, 15) is 10.1 Å². The summed E-state index contributed by atoms with van der Waals surface area (Å²) >= 11 is 0. The van der Waals surface area contributed by atoms with Crippen LogP contribution >= 0.6 is 0 Å². The zero-order chi connectivity index (χ0) is 25.9. The normalized spacial score (nSPS) is 18.1. The van der Waals surface area contributed by atoms with Crippen LogP contribution < -0.4 is 19.3 Å². The molecule has 0 N–H and O–H groups in total. The molecular formula is C28H32N6O4. The number of benzene rings is 2. The maximum atomic E-state index is 12.3. The average Bonchev–Trinajstić information content (AvgIpc) is 3.42. The third kappa shape index (κ3) is 5.22. The van der Waals surface area contributed by atoms with Crippen LogP contribution in [0, 0.1) is 16.0 Å². The Labute approximate surface area is 222 Å². The van der Waals surface area contributed by atoms with Crippen LogP contribution in [-0.4, -0.2) is 65.9 Å². The van der Waals surface area contributed by atoms with Gasteiger partial charge in [0.25, 0.3) is 0 Å². The molecule has 0 spiro atoms. The molecule has 10 heteroatoms. The summed E-state index contributed by atoms with van der Waals surface area (Å²) in [6, 6.07) is 16.6. The summed E-state index contributed by atoms with van der Waals surface area (Å²) in [5.74, 6) is 3.02. The summed E-state index contributed by atoms with van der Waals surface area (Å²) < 4.78 is 10.9. The lowest BCUT2D eigenvalue weighted by Gasteiger charge is -2.36. The molecule has 0 atom stereocenters. The number of hydrogen-bond acceptors (Lipinski definition) is 9. The molecule has 0 saturated carbocycles. The van der Waals surface area contributed by atoms with Crippen molar-refractivity contribution in [1.82, 2.24) is 14.9 Å². The number of nitrogens with zero attached hydrogens (tertiary/aromatic N) is 6. The first kappa shape index (κ1) is 24.4. The number of piperidine rings is 1. The fourth-order valence-corrected chi connectivity index (χ4v) is 5.70. The minimum atomic E-state index is -0.306. The molecule has 198 valence electrons. The van der Waals surface area contributed by atoms with Gasteiger partial charge < -0.3 is 19.3 Å². The Bertz CT molecular complexity index is 1270. The van der Waals surface area contributed by atoms with Crippen LogP contribution in [0.2, 0.25) is 0 Å². The van der Waals surface area contributed by atoms with E-state index < -0.39 is 0 Å². The minimum absolute atomic E-state index is 0.0261. The smallest absolute Gasteiger partial charge is 0.353 e. The zero-order valence-corrected chi connectivity index (χ0v) is 21.4. The van der Waals surface area contributed by atoms with Crippen LogP contribution in [0.5, 0.6) is 11.5 Å². The first-order valence-corrected chi connectivity index (χ1v) is 13.3. The number of piperazine rings is 1. The Hall–Kier alpha value is -3.92. The second-order valence-corrected chi connectivity index (χ2v) is 10.2. The van der Waals surface area contributed by atoms with Gasteiger partial charge in [-0.1, -0.05) is 36.4 Å². The fraction of sp³-hybridized carbons (Fsp3) is 0.429.